The van der Waals surface area contributed by atoms with E-state index in [-0.39, 0.29) is 6.03 Å². The van der Waals surface area contributed by atoms with E-state index >= 15 is 0 Å². The molecule has 5 heteroatoms. The van der Waals surface area contributed by atoms with Crippen LogP contribution in [0.2, 0.25) is 0 Å². The molecule has 0 unspecified atom stereocenters. The molecule has 84 valence electrons. The van der Waals surface area contributed by atoms with Crippen LogP contribution in [0.15, 0.2) is 0 Å². The maximum Gasteiger partial charge on any atom is 0.317 e. The smallest absolute Gasteiger partial charge is 0.317 e. The lowest BCUT2D eigenvalue weighted by molar-refractivity contribution is 0.140. The third-order valence-corrected chi connectivity index (χ3v) is 1.84. The average molecular weight is 203 g/mol. The van der Waals surface area contributed by atoms with Gasteiger partial charge in [-0.2, -0.15) is 0 Å². The molecule has 0 aromatic heterocycles. The zero-order valence-electron chi connectivity index (χ0n) is 9.08. The summed E-state index contributed by atoms with van der Waals surface area (Å²) in [6, 6.07) is -0.0358. The van der Waals surface area contributed by atoms with Crippen molar-refractivity contribution in [2.45, 2.75) is 13.8 Å². The Balaban J connectivity index is 3.43. The van der Waals surface area contributed by atoms with Crippen molar-refractivity contribution in [3.63, 3.8) is 0 Å². The fourth-order valence-corrected chi connectivity index (χ4v) is 1.04. The number of nitrogens with two attached hydrogens (primary N) is 1. The Bertz CT molecular complexity index is 149. The maximum atomic E-state index is 11.4. The van der Waals surface area contributed by atoms with Crippen LogP contribution in [0.1, 0.15) is 13.8 Å². The SMILES string of the molecule is CCN(CC)C(=O)NCCOCCN. The minimum absolute atomic E-state index is 0.0358. The molecule has 0 aliphatic rings. The summed E-state index contributed by atoms with van der Waals surface area (Å²) in [6.07, 6.45) is 0. The van der Waals surface area contributed by atoms with Crippen LogP contribution >= 0.6 is 0 Å². The van der Waals surface area contributed by atoms with Crippen LogP contribution in [-0.4, -0.2) is 50.3 Å². The Labute approximate surface area is 85.6 Å². The number of nitrogens with one attached hydrogen (secondary N) is 1. The molecule has 0 bridgehead atoms. The molecule has 0 aromatic carbocycles. The molecule has 0 atom stereocenters. The normalized spacial score (nSPS) is 9.93. The van der Waals surface area contributed by atoms with Crippen molar-refractivity contribution in [2.75, 3.05) is 39.4 Å². The van der Waals surface area contributed by atoms with E-state index in [2.05, 4.69) is 5.32 Å². The van der Waals surface area contributed by atoms with Crippen LogP contribution in [0.4, 0.5) is 4.79 Å². The second-order valence-corrected chi connectivity index (χ2v) is 2.81. The second-order valence-electron chi connectivity index (χ2n) is 2.81. The summed E-state index contributed by atoms with van der Waals surface area (Å²) in [5.41, 5.74) is 5.24. The Morgan fingerprint density at radius 3 is 2.50 bits per heavy atom. The third kappa shape index (κ3) is 5.77. The van der Waals surface area contributed by atoms with Gasteiger partial charge in [0.15, 0.2) is 0 Å². The Morgan fingerprint density at radius 2 is 2.00 bits per heavy atom. The van der Waals surface area contributed by atoms with Crippen LogP contribution in [-0.2, 0) is 4.74 Å². The van der Waals surface area contributed by atoms with E-state index in [1.54, 1.807) is 4.90 Å². The van der Waals surface area contributed by atoms with E-state index in [0.717, 1.165) is 13.1 Å². The van der Waals surface area contributed by atoms with Gasteiger partial charge < -0.3 is 20.7 Å². The first-order valence-electron chi connectivity index (χ1n) is 5.06. The van der Waals surface area contributed by atoms with Crippen LogP contribution in [0.25, 0.3) is 0 Å². The largest absolute Gasteiger partial charge is 0.378 e. The van der Waals surface area contributed by atoms with Gasteiger partial charge in [0.25, 0.3) is 0 Å². The van der Waals surface area contributed by atoms with Crippen LogP contribution < -0.4 is 11.1 Å². The summed E-state index contributed by atoms with van der Waals surface area (Å²) in [4.78, 5) is 13.1. The van der Waals surface area contributed by atoms with Crippen molar-refractivity contribution in [1.82, 2.24) is 10.2 Å². The van der Waals surface area contributed by atoms with Gasteiger partial charge >= 0.3 is 6.03 Å². The number of amides is 2. The molecule has 0 heterocycles. The lowest BCUT2D eigenvalue weighted by Gasteiger charge is -2.19. The molecule has 0 aliphatic heterocycles. The molecule has 0 spiro atoms. The van der Waals surface area contributed by atoms with Gasteiger partial charge in [0.1, 0.15) is 0 Å². The van der Waals surface area contributed by atoms with E-state index in [4.69, 9.17) is 10.5 Å². The summed E-state index contributed by atoms with van der Waals surface area (Å²) in [5.74, 6) is 0. The minimum Gasteiger partial charge on any atom is -0.378 e. The zero-order chi connectivity index (χ0) is 10.8. The summed E-state index contributed by atoms with van der Waals surface area (Å²) >= 11 is 0. The molecule has 0 fully saturated rings. The monoisotopic (exact) mass is 203 g/mol. The molecular formula is C9H21N3O2. The summed E-state index contributed by atoms with van der Waals surface area (Å²) in [7, 11) is 0. The van der Waals surface area contributed by atoms with Gasteiger partial charge in [-0.3, -0.25) is 0 Å². The summed E-state index contributed by atoms with van der Waals surface area (Å²) < 4.78 is 5.12. The highest BCUT2D eigenvalue weighted by Gasteiger charge is 2.06. The predicted octanol–water partition coefficient (Wildman–Crippen LogP) is 0.0131. The fraction of sp³-hybridized carbons (Fsp3) is 0.889. The van der Waals surface area contributed by atoms with E-state index in [1.807, 2.05) is 13.8 Å². The van der Waals surface area contributed by atoms with Crippen molar-refractivity contribution in [2.24, 2.45) is 5.73 Å². The minimum atomic E-state index is -0.0358. The Kier molecular flexibility index (Phi) is 8.27. The highest BCUT2D eigenvalue weighted by atomic mass is 16.5. The van der Waals surface area contributed by atoms with E-state index in [9.17, 15) is 4.79 Å². The van der Waals surface area contributed by atoms with Gasteiger partial charge in [-0.25, -0.2) is 4.79 Å². The molecular weight excluding hydrogens is 182 g/mol. The number of hydrogen-bond acceptors (Lipinski definition) is 3. The topological polar surface area (TPSA) is 67.6 Å². The number of carbonyl (C=O) groups is 1. The molecule has 2 amide bonds. The average Bonchev–Trinajstić information content (AvgIpc) is 2.19. The van der Waals surface area contributed by atoms with Gasteiger partial charge in [-0.15, -0.1) is 0 Å². The first-order valence-corrected chi connectivity index (χ1v) is 5.06. The number of hydrogen-bond donors (Lipinski definition) is 2. The molecule has 0 radical (unpaired) electrons. The first kappa shape index (κ1) is 13.2. The van der Waals surface area contributed by atoms with Crippen molar-refractivity contribution >= 4 is 6.03 Å². The fourth-order valence-electron chi connectivity index (χ4n) is 1.04. The van der Waals surface area contributed by atoms with Crippen LogP contribution in [0, 0.1) is 0 Å². The number of nitrogens with zero attached hydrogens (tertiary/aromatic N) is 1. The molecule has 5 nitrogen and oxygen atoms in total. The van der Waals surface area contributed by atoms with E-state index in [0.29, 0.717) is 26.3 Å². The zero-order valence-corrected chi connectivity index (χ0v) is 9.08. The highest BCUT2D eigenvalue weighted by molar-refractivity contribution is 5.73. The molecule has 0 saturated heterocycles. The van der Waals surface area contributed by atoms with Crippen molar-refractivity contribution < 1.29 is 9.53 Å². The lowest BCUT2D eigenvalue weighted by Crippen LogP contribution is -2.41. The maximum absolute atomic E-state index is 11.4. The molecule has 0 aromatic rings. The highest BCUT2D eigenvalue weighted by Crippen LogP contribution is 1.87. The van der Waals surface area contributed by atoms with Crippen molar-refractivity contribution in [1.29, 1.82) is 0 Å². The number of urea groups is 1. The molecule has 14 heavy (non-hydrogen) atoms. The van der Waals surface area contributed by atoms with Gasteiger partial charge in [0.05, 0.1) is 13.2 Å². The number of carbonyl (C=O) groups excluding carboxylic acids is 1. The predicted molar refractivity (Wildman–Crippen MR) is 56.2 cm³/mol. The molecule has 0 saturated carbocycles. The van der Waals surface area contributed by atoms with Crippen LogP contribution in [0.3, 0.4) is 0 Å². The number of ether oxygens (including phenoxy) is 1. The molecule has 0 rings (SSSR count). The third-order valence-electron chi connectivity index (χ3n) is 1.84. The quantitative estimate of drug-likeness (QED) is 0.573. The number of rotatable bonds is 7. The lowest BCUT2D eigenvalue weighted by atomic mass is 10.5. The van der Waals surface area contributed by atoms with Gasteiger partial charge in [0.2, 0.25) is 0 Å². The molecule has 0 aliphatic carbocycles. The summed E-state index contributed by atoms with van der Waals surface area (Å²) in [6.45, 7) is 7.48. The summed E-state index contributed by atoms with van der Waals surface area (Å²) in [5, 5.41) is 2.76. The second kappa shape index (κ2) is 8.77. The van der Waals surface area contributed by atoms with Gasteiger partial charge in [0, 0.05) is 26.2 Å². The Morgan fingerprint density at radius 1 is 1.36 bits per heavy atom. The first-order chi connectivity index (χ1) is 6.76. The van der Waals surface area contributed by atoms with Crippen molar-refractivity contribution in [3.8, 4) is 0 Å². The molecule has 3 N–H and O–H groups in total. The van der Waals surface area contributed by atoms with E-state index < -0.39 is 0 Å². The van der Waals surface area contributed by atoms with Gasteiger partial charge in [-0.05, 0) is 13.8 Å². The van der Waals surface area contributed by atoms with E-state index in [1.165, 1.54) is 0 Å². The van der Waals surface area contributed by atoms with Crippen molar-refractivity contribution in [3.05, 3.63) is 0 Å². The Hall–Kier alpha value is -0.810. The van der Waals surface area contributed by atoms with Crippen LogP contribution in [0.5, 0.6) is 0 Å². The standard InChI is InChI=1S/C9H21N3O2/c1-3-12(4-2)9(13)11-6-8-14-7-5-10/h3-8,10H2,1-2H3,(H,11,13). The van der Waals surface area contributed by atoms with Gasteiger partial charge in [-0.1, -0.05) is 0 Å².